The summed E-state index contributed by atoms with van der Waals surface area (Å²) in [6.07, 6.45) is 1.12. The summed E-state index contributed by atoms with van der Waals surface area (Å²) in [7, 11) is 0. The number of benzene rings is 1. The SMILES string of the molecule is NCC(c1ccc(Cl)c(Br)c1)N1CCc2sccc2C1. The Morgan fingerprint density at radius 2 is 2.25 bits per heavy atom. The second kappa shape index (κ2) is 6.16. The number of halogens is 2. The molecular formula is C15H16BrClN2S. The van der Waals surface area contributed by atoms with Crippen molar-refractivity contribution in [1.82, 2.24) is 4.90 Å². The van der Waals surface area contributed by atoms with Gasteiger partial charge in [-0.3, -0.25) is 4.90 Å². The van der Waals surface area contributed by atoms with Crippen LogP contribution in [0.25, 0.3) is 0 Å². The first-order chi connectivity index (χ1) is 9.69. The number of thiophene rings is 1. The fraction of sp³-hybridized carbons (Fsp3) is 0.333. The predicted octanol–water partition coefficient (Wildman–Crippen LogP) is 4.22. The molecule has 106 valence electrons. The highest BCUT2D eigenvalue weighted by Gasteiger charge is 2.24. The Balaban J connectivity index is 1.85. The van der Waals surface area contributed by atoms with Gasteiger partial charge in [0, 0.05) is 35.0 Å². The van der Waals surface area contributed by atoms with Gasteiger partial charge in [-0.05, 0) is 57.1 Å². The van der Waals surface area contributed by atoms with E-state index in [9.17, 15) is 0 Å². The van der Waals surface area contributed by atoms with Crippen LogP contribution in [0.2, 0.25) is 5.02 Å². The van der Waals surface area contributed by atoms with Crippen molar-refractivity contribution in [1.29, 1.82) is 0 Å². The van der Waals surface area contributed by atoms with Crippen molar-refractivity contribution in [3.8, 4) is 0 Å². The maximum absolute atomic E-state index is 6.08. The van der Waals surface area contributed by atoms with Crippen molar-refractivity contribution in [2.45, 2.75) is 19.0 Å². The van der Waals surface area contributed by atoms with Crippen LogP contribution in [0.3, 0.4) is 0 Å². The molecule has 0 saturated carbocycles. The van der Waals surface area contributed by atoms with Crippen molar-refractivity contribution >= 4 is 38.9 Å². The van der Waals surface area contributed by atoms with Gasteiger partial charge in [-0.15, -0.1) is 11.3 Å². The first kappa shape index (κ1) is 14.5. The molecule has 1 atom stereocenters. The van der Waals surface area contributed by atoms with Crippen LogP contribution in [0, 0.1) is 0 Å². The third-order valence-corrected chi connectivity index (χ3v) is 6.07. The molecule has 0 amide bonds. The molecule has 2 nitrogen and oxygen atoms in total. The summed E-state index contributed by atoms with van der Waals surface area (Å²) in [5, 5.41) is 2.92. The molecule has 1 unspecified atom stereocenters. The molecule has 3 rings (SSSR count). The van der Waals surface area contributed by atoms with Crippen LogP contribution < -0.4 is 5.73 Å². The third kappa shape index (κ3) is 2.81. The zero-order valence-corrected chi connectivity index (χ0v) is 14.1. The lowest BCUT2D eigenvalue weighted by Gasteiger charge is -2.34. The van der Waals surface area contributed by atoms with Crippen molar-refractivity contribution in [2.75, 3.05) is 13.1 Å². The lowest BCUT2D eigenvalue weighted by molar-refractivity contribution is 0.185. The Kier molecular flexibility index (Phi) is 4.48. The molecule has 0 aliphatic carbocycles. The summed E-state index contributed by atoms with van der Waals surface area (Å²) in [5.41, 5.74) is 8.71. The minimum absolute atomic E-state index is 0.247. The first-order valence-corrected chi connectivity index (χ1v) is 8.68. The standard InChI is InChI=1S/C15H16BrClN2S/c16-12-7-10(1-2-13(12)17)14(8-18)19-5-3-15-11(9-19)4-6-20-15/h1-2,4,6-7,14H,3,5,8-9,18H2. The fourth-order valence-electron chi connectivity index (χ4n) is 2.75. The third-order valence-electron chi connectivity index (χ3n) is 3.83. The summed E-state index contributed by atoms with van der Waals surface area (Å²) in [5.74, 6) is 0. The molecule has 0 saturated heterocycles. The molecule has 2 aromatic rings. The Bertz CT molecular complexity index is 614. The lowest BCUT2D eigenvalue weighted by Crippen LogP contribution is -2.37. The van der Waals surface area contributed by atoms with E-state index >= 15 is 0 Å². The van der Waals surface area contributed by atoms with E-state index in [4.69, 9.17) is 17.3 Å². The molecule has 2 N–H and O–H groups in total. The summed E-state index contributed by atoms with van der Waals surface area (Å²) in [4.78, 5) is 3.99. The molecule has 1 aromatic heterocycles. The number of nitrogens with zero attached hydrogens (tertiary/aromatic N) is 1. The summed E-state index contributed by atoms with van der Waals surface area (Å²) in [6.45, 7) is 2.67. The van der Waals surface area contributed by atoms with Crippen LogP contribution in [0.4, 0.5) is 0 Å². The van der Waals surface area contributed by atoms with Gasteiger partial charge < -0.3 is 5.73 Å². The zero-order chi connectivity index (χ0) is 14.1. The van der Waals surface area contributed by atoms with Crippen LogP contribution in [-0.2, 0) is 13.0 Å². The highest BCUT2D eigenvalue weighted by Crippen LogP contribution is 2.32. The van der Waals surface area contributed by atoms with E-state index in [1.807, 2.05) is 17.4 Å². The van der Waals surface area contributed by atoms with Gasteiger partial charge in [-0.25, -0.2) is 0 Å². The minimum Gasteiger partial charge on any atom is -0.329 e. The van der Waals surface area contributed by atoms with Gasteiger partial charge in [-0.2, -0.15) is 0 Å². The number of rotatable bonds is 3. The molecule has 5 heteroatoms. The van der Waals surface area contributed by atoms with Crippen molar-refractivity contribution in [3.63, 3.8) is 0 Å². The van der Waals surface area contributed by atoms with Gasteiger partial charge in [0.25, 0.3) is 0 Å². The Morgan fingerprint density at radius 3 is 3.00 bits per heavy atom. The maximum Gasteiger partial charge on any atom is 0.0548 e. The average molecular weight is 372 g/mol. The van der Waals surface area contributed by atoms with E-state index in [0.29, 0.717) is 6.54 Å². The first-order valence-electron chi connectivity index (χ1n) is 6.63. The monoisotopic (exact) mass is 370 g/mol. The Hall–Kier alpha value is -0.390. The van der Waals surface area contributed by atoms with E-state index in [-0.39, 0.29) is 6.04 Å². The lowest BCUT2D eigenvalue weighted by atomic mass is 10.0. The normalized spacial score (nSPS) is 16.9. The maximum atomic E-state index is 6.08. The van der Waals surface area contributed by atoms with E-state index in [0.717, 1.165) is 29.0 Å². The molecule has 20 heavy (non-hydrogen) atoms. The highest BCUT2D eigenvalue weighted by molar-refractivity contribution is 9.10. The summed E-state index contributed by atoms with van der Waals surface area (Å²) < 4.78 is 0.934. The fourth-order valence-corrected chi connectivity index (χ4v) is 4.16. The number of hydrogen-bond acceptors (Lipinski definition) is 3. The van der Waals surface area contributed by atoms with Crippen LogP contribution in [0.1, 0.15) is 22.0 Å². The van der Waals surface area contributed by atoms with Gasteiger partial charge in [0.05, 0.1) is 5.02 Å². The van der Waals surface area contributed by atoms with Crippen molar-refractivity contribution in [3.05, 3.63) is 55.1 Å². The Labute approximate surface area is 136 Å². The average Bonchev–Trinajstić information content (AvgIpc) is 2.91. The number of hydrogen-bond donors (Lipinski definition) is 1. The van der Waals surface area contributed by atoms with Crippen LogP contribution in [0.5, 0.6) is 0 Å². The number of fused-ring (bicyclic) bond motifs is 1. The molecule has 1 aliphatic rings. The van der Waals surface area contributed by atoms with Crippen molar-refractivity contribution < 1.29 is 0 Å². The van der Waals surface area contributed by atoms with Crippen LogP contribution in [-0.4, -0.2) is 18.0 Å². The highest BCUT2D eigenvalue weighted by atomic mass is 79.9. The molecule has 1 aliphatic heterocycles. The van der Waals surface area contributed by atoms with E-state index in [1.165, 1.54) is 16.0 Å². The molecule has 2 heterocycles. The van der Waals surface area contributed by atoms with Gasteiger partial charge in [0.15, 0.2) is 0 Å². The summed E-state index contributed by atoms with van der Waals surface area (Å²) >= 11 is 11.4. The van der Waals surface area contributed by atoms with Crippen LogP contribution >= 0.6 is 38.9 Å². The van der Waals surface area contributed by atoms with E-state index in [1.54, 1.807) is 0 Å². The smallest absolute Gasteiger partial charge is 0.0548 e. The van der Waals surface area contributed by atoms with Gasteiger partial charge in [0.2, 0.25) is 0 Å². The molecule has 1 aromatic carbocycles. The topological polar surface area (TPSA) is 29.3 Å². The van der Waals surface area contributed by atoms with Gasteiger partial charge >= 0.3 is 0 Å². The second-order valence-corrected chi connectivity index (χ2v) is 7.28. The molecule has 0 bridgehead atoms. The van der Waals surface area contributed by atoms with Crippen LogP contribution in [0.15, 0.2) is 34.1 Å². The van der Waals surface area contributed by atoms with Gasteiger partial charge in [-0.1, -0.05) is 17.7 Å². The number of nitrogens with two attached hydrogens (primary N) is 1. The molecule has 0 spiro atoms. The van der Waals surface area contributed by atoms with Gasteiger partial charge in [0.1, 0.15) is 0 Å². The predicted molar refractivity (Wildman–Crippen MR) is 89.4 cm³/mol. The minimum atomic E-state index is 0.247. The second-order valence-electron chi connectivity index (χ2n) is 5.01. The quantitative estimate of drug-likeness (QED) is 0.875. The largest absolute Gasteiger partial charge is 0.329 e. The zero-order valence-electron chi connectivity index (χ0n) is 11.0. The Morgan fingerprint density at radius 1 is 1.40 bits per heavy atom. The molecular weight excluding hydrogens is 356 g/mol. The molecule has 0 fully saturated rings. The van der Waals surface area contributed by atoms with E-state index in [2.05, 4.69) is 44.4 Å². The van der Waals surface area contributed by atoms with E-state index < -0.39 is 0 Å². The summed E-state index contributed by atoms with van der Waals surface area (Å²) in [6, 6.07) is 8.58. The molecule has 0 radical (unpaired) electrons. The van der Waals surface area contributed by atoms with Crippen molar-refractivity contribution in [2.24, 2.45) is 5.73 Å².